The Labute approximate surface area is 394 Å². The molecule has 9 heteroatoms. The molecule has 342 valence electrons. The van der Waals surface area contributed by atoms with E-state index in [0.717, 1.165) is 169 Å². The van der Waals surface area contributed by atoms with Crippen molar-refractivity contribution in [1.29, 1.82) is 0 Å². The lowest BCUT2D eigenvalue weighted by atomic mass is 9.77. The van der Waals surface area contributed by atoms with E-state index in [0.29, 0.717) is 42.1 Å². The first-order chi connectivity index (χ1) is 31.7. The number of halogens is 2. The zero-order chi connectivity index (χ0) is 45.1. The summed E-state index contributed by atoms with van der Waals surface area (Å²) in [5, 5.41) is 7.29. The molecular formula is C56H63F2NO4S2. The molecular weight excluding hydrogens is 853 g/mol. The van der Waals surface area contributed by atoms with E-state index in [9.17, 15) is 18.4 Å². The van der Waals surface area contributed by atoms with E-state index < -0.39 is 6.17 Å². The van der Waals surface area contributed by atoms with Gasteiger partial charge in [-0.05, 0) is 212 Å². The lowest BCUT2D eigenvalue weighted by Gasteiger charge is -2.32. The first kappa shape index (κ1) is 47.1. The van der Waals surface area contributed by atoms with E-state index >= 15 is 0 Å². The Bertz CT molecular complexity index is 2490. The molecule has 0 bridgehead atoms. The summed E-state index contributed by atoms with van der Waals surface area (Å²) in [5.41, 5.74) is 5.07. The predicted octanol–water partition coefficient (Wildman–Crippen LogP) is 14.2. The minimum Gasteiger partial charge on any atom is -0.462 e. The van der Waals surface area contributed by atoms with Crippen molar-refractivity contribution in [2.45, 2.75) is 121 Å². The number of fused-ring (bicyclic) bond motifs is 4. The van der Waals surface area contributed by atoms with Crippen LogP contribution >= 0.6 is 24.4 Å². The van der Waals surface area contributed by atoms with E-state index in [-0.39, 0.29) is 23.7 Å². The molecule has 0 aromatic heterocycles. The van der Waals surface area contributed by atoms with Crippen molar-refractivity contribution in [3.63, 3.8) is 0 Å². The minimum absolute atomic E-state index is 0.0801. The molecule has 0 radical (unpaired) electrons. The molecule has 5 aromatic carbocycles. The van der Waals surface area contributed by atoms with Crippen LogP contribution in [0, 0.1) is 23.6 Å². The quantitative estimate of drug-likeness (QED) is 0.0421. The molecule has 65 heavy (non-hydrogen) atoms. The molecule has 2 fully saturated rings. The van der Waals surface area contributed by atoms with Gasteiger partial charge in [0.05, 0.1) is 24.3 Å². The smallest absolute Gasteiger partial charge is 0.338 e. The van der Waals surface area contributed by atoms with Crippen LogP contribution in [0.2, 0.25) is 0 Å². The summed E-state index contributed by atoms with van der Waals surface area (Å²) < 4.78 is 39.9. The van der Waals surface area contributed by atoms with Crippen LogP contribution in [0.5, 0.6) is 0 Å². The number of benzene rings is 5. The number of hydrogen-bond acceptors (Lipinski definition) is 7. The molecule has 2 saturated carbocycles. The molecule has 0 spiro atoms. The van der Waals surface area contributed by atoms with Crippen LogP contribution in [0.15, 0.2) is 91.0 Å². The van der Waals surface area contributed by atoms with Crippen LogP contribution in [0.25, 0.3) is 32.7 Å². The Hall–Kier alpha value is -4.44. The molecule has 1 N–H and O–H groups in total. The summed E-state index contributed by atoms with van der Waals surface area (Å²) >= 11 is 11.3. The lowest BCUT2D eigenvalue weighted by molar-refractivity contribution is 0.0490. The number of thiocarbonyl (C=S) groups is 2. The van der Waals surface area contributed by atoms with E-state index in [1.165, 1.54) is 6.42 Å². The third-order valence-electron chi connectivity index (χ3n) is 14.5. The number of unbranched alkanes of at least 4 members (excludes halogenated alkanes) is 4. The molecule has 5 nitrogen and oxygen atoms in total. The summed E-state index contributed by atoms with van der Waals surface area (Å²) in [5.74, 6) is 1.05. The molecule has 0 amide bonds. The van der Waals surface area contributed by atoms with E-state index in [1.807, 2.05) is 60.7 Å². The Morgan fingerprint density at radius 1 is 0.677 bits per heavy atom. The first-order valence-electron chi connectivity index (χ1n) is 24.3. The fourth-order valence-corrected chi connectivity index (χ4v) is 11.5. The SMILES string of the molecule is O=C(OCCCCCC(=S)CNCC1CCC2C(F)CCCC12)c1ccc2c(-c3ccc4cccc(C(=O)OCCCCCC(=S)CCC5CCc6c(F)cccc65)c4c3)cccc2c1. The van der Waals surface area contributed by atoms with Crippen molar-refractivity contribution in [3.05, 3.63) is 119 Å². The van der Waals surface area contributed by atoms with Gasteiger partial charge in [-0.25, -0.2) is 18.4 Å². The molecule has 8 rings (SSSR count). The highest BCUT2D eigenvalue weighted by Gasteiger charge is 2.42. The molecule has 3 aliphatic rings. The maximum atomic E-state index is 14.3. The summed E-state index contributed by atoms with van der Waals surface area (Å²) in [6.45, 7) is 2.38. The Morgan fingerprint density at radius 3 is 2.29 bits per heavy atom. The van der Waals surface area contributed by atoms with E-state index in [1.54, 1.807) is 6.07 Å². The number of ether oxygens (including phenoxy) is 2. The third kappa shape index (κ3) is 11.9. The van der Waals surface area contributed by atoms with Crippen molar-refractivity contribution in [3.8, 4) is 11.1 Å². The number of rotatable bonds is 22. The topological polar surface area (TPSA) is 64.6 Å². The van der Waals surface area contributed by atoms with Gasteiger partial charge in [0.2, 0.25) is 0 Å². The van der Waals surface area contributed by atoms with Gasteiger partial charge in [0.25, 0.3) is 0 Å². The van der Waals surface area contributed by atoms with Gasteiger partial charge in [-0.2, -0.15) is 0 Å². The van der Waals surface area contributed by atoms with Crippen molar-refractivity contribution < 1.29 is 27.8 Å². The third-order valence-corrected chi connectivity index (χ3v) is 15.3. The molecule has 0 saturated heterocycles. The molecule has 5 unspecified atom stereocenters. The van der Waals surface area contributed by atoms with Crippen LogP contribution in [0.1, 0.15) is 140 Å². The second-order valence-electron chi connectivity index (χ2n) is 18.8. The number of carbonyl (C=O) groups is 2. The average molecular weight is 916 g/mol. The predicted molar refractivity (Wildman–Crippen MR) is 268 cm³/mol. The Kier molecular flexibility index (Phi) is 16.5. The van der Waals surface area contributed by atoms with Gasteiger partial charge < -0.3 is 14.8 Å². The second kappa shape index (κ2) is 22.8. The summed E-state index contributed by atoms with van der Waals surface area (Å²) in [4.78, 5) is 28.6. The first-order valence-corrected chi connectivity index (χ1v) is 25.1. The van der Waals surface area contributed by atoms with Crippen LogP contribution in [-0.4, -0.2) is 54.1 Å². The van der Waals surface area contributed by atoms with Gasteiger partial charge in [0.1, 0.15) is 12.0 Å². The fourth-order valence-electron chi connectivity index (χ4n) is 11.0. The summed E-state index contributed by atoms with van der Waals surface area (Å²) in [7, 11) is 0. The maximum absolute atomic E-state index is 14.3. The zero-order valence-corrected chi connectivity index (χ0v) is 39.2. The van der Waals surface area contributed by atoms with Gasteiger partial charge >= 0.3 is 11.9 Å². The number of carbonyl (C=O) groups excluding carboxylic acids is 2. The minimum atomic E-state index is -0.599. The van der Waals surface area contributed by atoms with Gasteiger partial charge in [-0.1, -0.05) is 91.5 Å². The van der Waals surface area contributed by atoms with E-state index in [4.69, 9.17) is 33.9 Å². The monoisotopic (exact) mass is 915 g/mol. The molecule has 0 aliphatic heterocycles. The normalized spacial score (nSPS) is 20.1. The number of nitrogens with one attached hydrogen (secondary N) is 1. The maximum Gasteiger partial charge on any atom is 0.338 e. The van der Waals surface area contributed by atoms with Crippen molar-refractivity contribution in [1.82, 2.24) is 5.32 Å². The molecule has 3 aliphatic carbocycles. The Balaban J connectivity index is 0.754. The molecule has 5 atom stereocenters. The highest BCUT2D eigenvalue weighted by Crippen LogP contribution is 2.47. The van der Waals surface area contributed by atoms with Crippen molar-refractivity contribution in [2.75, 3.05) is 26.3 Å². The largest absolute Gasteiger partial charge is 0.462 e. The second-order valence-corrected chi connectivity index (χ2v) is 19.9. The number of alkyl halides is 1. The van der Waals surface area contributed by atoms with Crippen LogP contribution in [0.3, 0.4) is 0 Å². The highest BCUT2D eigenvalue weighted by atomic mass is 32.1. The highest BCUT2D eigenvalue weighted by molar-refractivity contribution is 7.80. The number of esters is 2. The van der Waals surface area contributed by atoms with Crippen LogP contribution in [-0.2, 0) is 15.9 Å². The fraction of sp³-hybridized carbons (Fsp3) is 0.464. The molecule has 5 aromatic rings. The Morgan fingerprint density at radius 2 is 1.45 bits per heavy atom. The van der Waals surface area contributed by atoms with E-state index in [2.05, 4.69) is 29.6 Å². The van der Waals surface area contributed by atoms with Crippen molar-refractivity contribution in [2.24, 2.45) is 17.8 Å². The summed E-state index contributed by atoms with van der Waals surface area (Å²) in [6, 6.07) is 29.1. The van der Waals surface area contributed by atoms with Gasteiger partial charge in [-0.15, -0.1) is 0 Å². The molecule has 0 heterocycles. The van der Waals surface area contributed by atoms with Gasteiger partial charge in [0.15, 0.2) is 0 Å². The number of hydrogen-bond donors (Lipinski definition) is 1. The zero-order valence-electron chi connectivity index (χ0n) is 37.6. The standard InChI is InChI=1S/C56H63F2NO4S2/c57-53-19-9-16-45-38(24-29-49(45)53)23-27-43(64)13-3-1-6-32-63-56(61)51-18-7-11-37-21-22-40(34-52(37)51)46-15-8-12-39-33-41(25-28-48(39)46)55(60)62-31-5-2-4-14-44(65)36-59-35-42-26-30-50-47(42)17-10-20-54(50)58/h7-9,11-12,15-16,18-19,21-22,25,28,33-34,38,42,47,50,54,59H,1-6,10,13-14,17,20,23-24,26-27,29-32,35-36H2. The lowest BCUT2D eigenvalue weighted by Crippen LogP contribution is -2.34. The van der Waals surface area contributed by atoms with Crippen LogP contribution in [0.4, 0.5) is 8.78 Å². The van der Waals surface area contributed by atoms with Gasteiger partial charge in [0, 0.05) is 11.4 Å². The van der Waals surface area contributed by atoms with Crippen LogP contribution < -0.4 is 5.32 Å². The summed E-state index contributed by atoms with van der Waals surface area (Å²) in [6.07, 6.45) is 15.3. The van der Waals surface area contributed by atoms with Crippen molar-refractivity contribution >= 4 is 67.6 Å². The average Bonchev–Trinajstić information content (AvgIpc) is 3.95. The van der Waals surface area contributed by atoms with Gasteiger partial charge in [-0.3, -0.25) is 0 Å².